The molecule has 2 aliphatic rings. The molecule has 112 valence electrons. The van der Waals surface area contributed by atoms with Crippen LogP contribution in [0.4, 0.5) is 0 Å². The van der Waals surface area contributed by atoms with Crippen LogP contribution in [0.5, 0.6) is 0 Å². The van der Waals surface area contributed by atoms with Gasteiger partial charge >= 0.3 is 5.97 Å². The van der Waals surface area contributed by atoms with E-state index in [4.69, 9.17) is 4.74 Å². The SMILES string of the molecule is CCCNC(CN1C(=O)CCC1=O)(C(=O)OC)C1CC1. The molecular formula is C14H22N2O4. The molecule has 2 amide bonds. The molecule has 6 nitrogen and oxygen atoms in total. The Bertz CT molecular complexity index is 403. The van der Waals surface area contributed by atoms with Crippen LogP contribution in [0.3, 0.4) is 0 Å². The quantitative estimate of drug-likeness (QED) is 0.542. The maximum Gasteiger partial charge on any atom is 0.328 e. The summed E-state index contributed by atoms with van der Waals surface area (Å²) >= 11 is 0. The molecule has 0 spiro atoms. The summed E-state index contributed by atoms with van der Waals surface area (Å²) in [6.45, 7) is 2.76. The number of methoxy groups -OCH3 is 1. The molecule has 0 bridgehead atoms. The first-order chi connectivity index (χ1) is 9.55. The van der Waals surface area contributed by atoms with Gasteiger partial charge in [-0.15, -0.1) is 0 Å². The number of hydrogen-bond acceptors (Lipinski definition) is 5. The van der Waals surface area contributed by atoms with E-state index in [1.165, 1.54) is 12.0 Å². The molecule has 0 aromatic carbocycles. The summed E-state index contributed by atoms with van der Waals surface area (Å²) in [5, 5.41) is 3.24. The number of amides is 2. The van der Waals surface area contributed by atoms with Gasteiger partial charge in [-0.2, -0.15) is 0 Å². The van der Waals surface area contributed by atoms with Crippen molar-refractivity contribution in [3.8, 4) is 0 Å². The molecular weight excluding hydrogens is 260 g/mol. The lowest BCUT2D eigenvalue weighted by Crippen LogP contribution is -2.62. The van der Waals surface area contributed by atoms with E-state index >= 15 is 0 Å². The van der Waals surface area contributed by atoms with Crippen LogP contribution in [0.15, 0.2) is 0 Å². The van der Waals surface area contributed by atoms with Gasteiger partial charge in [0.05, 0.1) is 13.7 Å². The van der Waals surface area contributed by atoms with Gasteiger partial charge in [-0.1, -0.05) is 6.92 Å². The monoisotopic (exact) mass is 282 g/mol. The third kappa shape index (κ3) is 2.70. The maximum atomic E-state index is 12.3. The van der Waals surface area contributed by atoms with Gasteiger partial charge in [-0.3, -0.25) is 14.5 Å². The molecule has 2 fully saturated rings. The van der Waals surface area contributed by atoms with Crippen molar-refractivity contribution in [2.75, 3.05) is 20.2 Å². The van der Waals surface area contributed by atoms with Crippen molar-refractivity contribution in [1.29, 1.82) is 0 Å². The molecule has 1 N–H and O–H groups in total. The molecule has 1 aliphatic carbocycles. The molecule has 6 heteroatoms. The topological polar surface area (TPSA) is 75.7 Å². The number of ether oxygens (including phenoxy) is 1. The van der Waals surface area contributed by atoms with Crippen LogP contribution in [0.25, 0.3) is 0 Å². The molecule has 20 heavy (non-hydrogen) atoms. The van der Waals surface area contributed by atoms with Crippen molar-refractivity contribution in [2.24, 2.45) is 5.92 Å². The predicted octanol–water partition coefficient (Wildman–Crippen LogP) is 0.457. The number of rotatable bonds is 7. The van der Waals surface area contributed by atoms with E-state index in [1.54, 1.807) is 0 Å². The lowest BCUT2D eigenvalue weighted by Gasteiger charge is -2.35. The second-order valence-corrected chi connectivity index (χ2v) is 5.54. The van der Waals surface area contributed by atoms with Crippen LogP contribution in [0.2, 0.25) is 0 Å². The second kappa shape index (κ2) is 5.91. The zero-order chi connectivity index (χ0) is 14.8. The van der Waals surface area contributed by atoms with Crippen molar-refractivity contribution < 1.29 is 19.1 Å². The minimum Gasteiger partial charge on any atom is -0.468 e. The minimum atomic E-state index is -0.930. The largest absolute Gasteiger partial charge is 0.468 e. The summed E-state index contributed by atoms with van der Waals surface area (Å²) in [6, 6.07) is 0. The molecule has 1 aliphatic heterocycles. The van der Waals surface area contributed by atoms with Gasteiger partial charge in [0.2, 0.25) is 11.8 Å². The number of likely N-dealkylation sites (tertiary alicyclic amines) is 1. The third-order valence-corrected chi connectivity index (χ3v) is 4.08. The number of imide groups is 1. The Kier molecular flexibility index (Phi) is 4.42. The van der Waals surface area contributed by atoms with Crippen molar-refractivity contribution in [2.45, 2.75) is 44.6 Å². The molecule has 1 saturated carbocycles. The molecule has 0 aromatic rings. The first-order valence-corrected chi connectivity index (χ1v) is 7.21. The van der Waals surface area contributed by atoms with Crippen molar-refractivity contribution >= 4 is 17.8 Å². The van der Waals surface area contributed by atoms with Gasteiger partial charge in [-0.25, -0.2) is 4.79 Å². The van der Waals surface area contributed by atoms with E-state index in [9.17, 15) is 14.4 Å². The highest BCUT2D eigenvalue weighted by Crippen LogP contribution is 2.41. The van der Waals surface area contributed by atoms with Gasteiger partial charge in [0.15, 0.2) is 0 Å². The summed E-state index contributed by atoms with van der Waals surface area (Å²) in [5.41, 5.74) is -0.930. The number of nitrogens with zero attached hydrogens (tertiary/aromatic N) is 1. The average Bonchev–Trinajstić information content (AvgIpc) is 3.25. The van der Waals surface area contributed by atoms with E-state index in [0.717, 1.165) is 19.3 Å². The summed E-state index contributed by atoms with van der Waals surface area (Å²) < 4.78 is 4.94. The molecule has 1 heterocycles. The number of carbonyl (C=O) groups excluding carboxylic acids is 3. The van der Waals surface area contributed by atoms with Gasteiger partial charge in [0.25, 0.3) is 0 Å². The Balaban J connectivity index is 2.22. The standard InChI is InChI=1S/C14H22N2O4/c1-3-8-15-14(10-4-5-10,13(19)20-2)9-16-11(17)6-7-12(16)18/h10,15H,3-9H2,1-2H3. The van der Waals surface area contributed by atoms with Crippen LogP contribution in [-0.4, -0.2) is 48.4 Å². The first-order valence-electron chi connectivity index (χ1n) is 7.21. The van der Waals surface area contributed by atoms with Crippen molar-refractivity contribution in [3.05, 3.63) is 0 Å². The van der Waals surface area contributed by atoms with Crippen LogP contribution in [0.1, 0.15) is 39.0 Å². The summed E-state index contributed by atoms with van der Waals surface area (Å²) in [5.74, 6) is -0.617. The molecule has 0 radical (unpaired) electrons. The third-order valence-electron chi connectivity index (χ3n) is 4.08. The Hall–Kier alpha value is -1.43. The zero-order valence-electron chi connectivity index (χ0n) is 12.1. The lowest BCUT2D eigenvalue weighted by molar-refractivity contribution is -0.152. The fourth-order valence-corrected chi connectivity index (χ4v) is 2.79. The van der Waals surface area contributed by atoms with Crippen molar-refractivity contribution in [3.63, 3.8) is 0 Å². The Morgan fingerprint density at radius 3 is 2.40 bits per heavy atom. The molecule has 0 aromatic heterocycles. The first kappa shape index (κ1) is 15.0. The van der Waals surface area contributed by atoms with Gasteiger partial charge in [0.1, 0.15) is 5.54 Å². The molecule has 2 rings (SSSR count). The number of carbonyl (C=O) groups is 3. The van der Waals surface area contributed by atoms with E-state index in [0.29, 0.717) is 6.54 Å². The number of esters is 1. The highest BCUT2D eigenvalue weighted by Gasteiger charge is 2.54. The summed E-state index contributed by atoms with van der Waals surface area (Å²) in [6.07, 6.45) is 3.19. The fraction of sp³-hybridized carbons (Fsp3) is 0.786. The molecule has 1 atom stereocenters. The fourth-order valence-electron chi connectivity index (χ4n) is 2.79. The van der Waals surface area contributed by atoms with Gasteiger partial charge < -0.3 is 10.1 Å². The highest BCUT2D eigenvalue weighted by atomic mass is 16.5. The van der Waals surface area contributed by atoms with E-state index in [1.807, 2.05) is 6.92 Å². The number of hydrogen-bond donors (Lipinski definition) is 1. The normalized spacial score (nSPS) is 22.0. The summed E-state index contributed by atoms with van der Waals surface area (Å²) in [7, 11) is 1.35. The zero-order valence-corrected chi connectivity index (χ0v) is 12.1. The Morgan fingerprint density at radius 1 is 1.35 bits per heavy atom. The second-order valence-electron chi connectivity index (χ2n) is 5.54. The predicted molar refractivity (Wildman–Crippen MR) is 71.7 cm³/mol. The van der Waals surface area contributed by atoms with Gasteiger partial charge in [-0.05, 0) is 31.7 Å². The van der Waals surface area contributed by atoms with Crippen LogP contribution in [-0.2, 0) is 19.1 Å². The summed E-state index contributed by atoms with van der Waals surface area (Å²) in [4.78, 5) is 37.1. The van der Waals surface area contributed by atoms with Crippen molar-refractivity contribution in [1.82, 2.24) is 10.2 Å². The van der Waals surface area contributed by atoms with E-state index < -0.39 is 5.54 Å². The maximum absolute atomic E-state index is 12.3. The van der Waals surface area contributed by atoms with Crippen LogP contribution in [0, 0.1) is 5.92 Å². The van der Waals surface area contributed by atoms with E-state index in [2.05, 4.69) is 5.32 Å². The smallest absolute Gasteiger partial charge is 0.328 e. The highest BCUT2D eigenvalue weighted by molar-refractivity contribution is 6.02. The van der Waals surface area contributed by atoms with E-state index in [-0.39, 0.29) is 43.1 Å². The molecule has 1 saturated heterocycles. The van der Waals surface area contributed by atoms with Crippen LogP contribution >= 0.6 is 0 Å². The van der Waals surface area contributed by atoms with Crippen LogP contribution < -0.4 is 5.32 Å². The Morgan fingerprint density at radius 2 is 1.95 bits per heavy atom. The molecule has 1 unspecified atom stereocenters. The lowest BCUT2D eigenvalue weighted by atomic mass is 9.92. The average molecular weight is 282 g/mol. The van der Waals surface area contributed by atoms with Gasteiger partial charge in [0, 0.05) is 12.8 Å². The number of nitrogens with one attached hydrogen (secondary N) is 1. The minimum absolute atomic E-state index is 0.0992. The Labute approximate surface area is 118 Å².